The Hall–Kier alpha value is -2.09. The fraction of sp³-hybridized carbons (Fsp3) is 0.300. The number of guanidine groups is 1. The van der Waals surface area contributed by atoms with Crippen molar-refractivity contribution in [2.45, 2.75) is 13.0 Å². The molecule has 0 radical (unpaired) electrons. The van der Waals surface area contributed by atoms with Crippen LogP contribution < -0.4 is 10.6 Å². The molecular formula is C20H27IN4O. The van der Waals surface area contributed by atoms with E-state index in [4.69, 9.17) is 0 Å². The van der Waals surface area contributed by atoms with E-state index in [9.17, 15) is 4.79 Å². The summed E-state index contributed by atoms with van der Waals surface area (Å²) in [5.74, 6) is 0.550. The summed E-state index contributed by atoms with van der Waals surface area (Å²) in [6.45, 7) is 6.46. The van der Waals surface area contributed by atoms with Crippen molar-refractivity contribution in [3.05, 3.63) is 60.7 Å². The summed E-state index contributed by atoms with van der Waals surface area (Å²) in [6, 6.07) is 14.7. The Balaban J connectivity index is 0.00000338. The minimum atomic E-state index is -0.0435. The lowest BCUT2D eigenvalue weighted by Gasteiger charge is -2.19. The predicted octanol–water partition coefficient (Wildman–Crippen LogP) is 3.33. The summed E-state index contributed by atoms with van der Waals surface area (Å²) in [7, 11) is 3.44. The van der Waals surface area contributed by atoms with E-state index >= 15 is 0 Å². The lowest BCUT2D eigenvalue weighted by molar-refractivity contribution is -0.127. The Morgan fingerprint density at radius 2 is 1.92 bits per heavy atom. The summed E-state index contributed by atoms with van der Waals surface area (Å²) in [6.07, 6.45) is 1.76. The van der Waals surface area contributed by atoms with E-state index in [0.29, 0.717) is 12.5 Å². The molecule has 1 amide bonds. The first-order valence-corrected chi connectivity index (χ1v) is 8.36. The van der Waals surface area contributed by atoms with Crippen LogP contribution in [0.2, 0.25) is 0 Å². The van der Waals surface area contributed by atoms with E-state index in [0.717, 1.165) is 5.56 Å². The minimum absolute atomic E-state index is 0. The molecule has 1 atom stereocenters. The van der Waals surface area contributed by atoms with Gasteiger partial charge in [-0.2, -0.15) is 0 Å². The lowest BCUT2D eigenvalue weighted by atomic mass is 10.0. The van der Waals surface area contributed by atoms with Crippen LogP contribution in [0.3, 0.4) is 0 Å². The summed E-state index contributed by atoms with van der Waals surface area (Å²) in [4.78, 5) is 17.7. The second-order valence-corrected chi connectivity index (χ2v) is 6.10. The van der Waals surface area contributed by atoms with E-state index in [-0.39, 0.29) is 42.5 Å². The number of aliphatic imine (C=N–C) groups is 1. The fourth-order valence-corrected chi connectivity index (χ4v) is 2.38. The number of benzene rings is 2. The molecular weight excluding hydrogens is 439 g/mol. The molecule has 2 rings (SSSR count). The summed E-state index contributed by atoms with van der Waals surface area (Å²) in [5.41, 5.74) is 1.16. The normalized spacial score (nSPS) is 12.0. The number of nitrogens with zero attached hydrogens (tertiary/aromatic N) is 2. The highest BCUT2D eigenvalue weighted by atomic mass is 127. The molecule has 2 aromatic rings. The predicted molar refractivity (Wildman–Crippen MR) is 120 cm³/mol. The van der Waals surface area contributed by atoms with Crippen LogP contribution in [-0.2, 0) is 4.79 Å². The Morgan fingerprint density at radius 3 is 2.58 bits per heavy atom. The largest absolute Gasteiger partial charge is 0.353 e. The van der Waals surface area contributed by atoms with Gasteiger partial charge in [0.2, 0.25) is 5.91 Å². The highest BCUT2D eigenvalue weighted by Crippen LogP contribution is 2.20. The third-order valence-corrected chi connectivity index (χ3v) is 3.91. The van der Waals surface area contributed by atoms with Crippen LogP contribution in [0.5, 0.6) is 0 Å². The van der Waals surface area contributed by atoms with Gasteiger partial charge in [-0.25, -0.2) is 4.99 Å². The van der Waals surface area contributed by atoms with Gasteiger partial charge in [-0.15, -0.1) is 30.6 Å². The third kappa shape index (κ3) is 6.33. The molecule has 6 heteroatoms. The Labute approximate surface area is 172 Å². The van der Waals surface area contributed by atoms with Gasteiger partial charge in [0.15, 0.2) is 5.96 Å². The van der Waals surface area contributed by atoms with Crippen LogP contribution >= 0.6 is 24.0 Å². The van der Waals surface area contributed by atoms with Crippen LogP contribution in [0.4, 0.5) is 0 Å². The first kappa shape index (κ1) is 22.0. The van der Waals surface area contributed by atoms with Gasteiger partial charge in [0.1, 0.15) is 6.54 Å². The van der Waals surface area contributed by atoms with Crippen molar-refractivity contribution in [2.75, 3.05) is 27.2 Å². The molecule has 0 aliphatic heterocycles. The van der Waals surface area contributed by atoms with Gasteiger partial charge in [-0.3, -0.25) is 4.79 Å². The number of hydrogen-bond donors (Lipinski definition) is 2. The van der Waals surface area contributed by atoms with Crippen molar-refractivity contribution in [1.29, 1.82) is 0 Å². The zero-order valence-electron chi connectivity index (χ0n) is 15.5. The average Bonchev–Trinajstić information content (AvgIpc) is 2.62. The van der Waals surface area contributed by atoms with Gasteiger partial charge in [0, 0.05) is 20.6 Å². The molecule has 0 aromatic heterocycles. The highest BCUT2D eigenvalue weighted by Gasteiger charge is 2.10. The maximum absolute atomic E-state index is 11.8. The fourth-order valence-electron chi connectivity index (χ4n) is 2.38. The number of rotatable bonds is 6. The van der Waals surface area contributed by atoms with Crippen molar-refractivity contribution in [3.8, 4) is 0 Å². The SMILES string of the molecule is C=CCNC(=NCC(=O)N(C)C)NC(C)c1ccc2ccccc2c1.I. The molecule has 0 saturated heterocycles. The van der Waals surface area contributed by atoms with Crippen LogP contribution in [-0.4, -0.2) is 44.0 Å². The topological polar surface area (TPSA) is 56.7 Å². The molecule has 0 spiro atoms. The molecule has 0 heterocycles. The molecule has 0 bridgehead atoms. The van der Waals surface area contributed by atoms with Crippen LogP contribution in [0.1, 0.15) is 18.5 Å². The molecule has 0 aliphatic carbocycles. The van der Waals surface area contributed by atoms with Crippen LogP contribution in [0.25, 0.3) is 10.8 Å². The summed E-state index contributed by atoms with van der Waals surface area (Å²) < 4.78 is 0. The van der Waals surface area contributed by atoms with Crippen molar-refractivity contribution < 1.29 is 4.79 Å². The van der Waals surface area contributed by atoms with E-state index in [1.54, 1.807) is 20.2 Å². The maximum atomic E-state index is 11.8. The number of carbonyl (C=O) groups is 1. The Kier molecular flexibility index (Phi) is 9.12. The molecule has 2 N–H and O–H groups in total. The van der Waals surface area contributed by atoms with Gasteiger partial charge < -0.3 is 15.5 Å². The average molecular weight is 466 g/mol. The summed E-state index contributed by atoms with van der Waals surface area (Å²) in [5, 5.41) is 8.92. The van der Waals surface area contributed by atoms with Gasteiger partial charge in [0.05, 0.1) is 6.04 Å². The van der Waals surface area contributed by atoms with Crippen molar-refractivity contribution >= 4 is 46.6 Å². The molecule has 140 valence electrons. The minimum Gasteiger partial charge on any atom is -0.353 e. The molecule has 26 heavy (non-hydrogen) atoms. The Morgan fingerprint density at radius 1 is 1.23 bits per heavy atom. The van der Waals surface area contributed by atoms with E-state index < -0.39 is 0 Å². The van der Waals surface area contributed by atoms with E-state index in [1.807, 2.05) is 12.1 Å². The number of nitrogens with one attached hydrogen (secondary N) is 2. The van der Waals surface area contributed by atoms with Crippen molar-refractivity contribution in [1.82, 2.24) is 15.5 Å². The summed E-state index contributed by atoms with van der Waals surface area (Å²) >= 11 is 0. The lowest BCUT2D eigenvalue weighted by Crippen LogP contribution is -2.39. The van der Waals surface area contributed by atoms with Crippen LogP contribution in [0.15, 0.2) is 60.1 Å². The third-order valence-electron chi connectivity index (χ3n) is 3.91. The molecule has 5 nitrogen and oxygen atoms in total. The zero-order chi connectivity index (χ0) is 18.2. The maximum Gasteiger partial charge on any atom is 0.243 e. The van der Waals surface area contributed by atoms with Gasteiger partial charge in [0.25, 0.3) is 0 Å². The Bertz CT molecular complexity index is 773. The number of hydrogen-bond acceptors (Lipinski definition) is 2. The number of likely N-dealkylation sites (N-methyl/N-ethyl adjacent to an activating group) is 1. The first-order valence-electron chi connectivity index (χ1n) is 8.36. The number of amides is 1. The van der Waals surface area contributed by atoms with Crippen LogP contribution in [0, 0.1) is 0 Å². The monoisotopic (exact) mass is 466 g/mol. The quantitative estimate of drug-likeness (QED) is 0.297. The van der Waals surface area contributed by atoms with Crippen molar-refractivity contribution in [3.63, 3.8) is 0 Å². The first-order chi connectivity index (χ1) is 12.0. The second kappa shape index (κ2) is 10.8. The van der Waals surface area contributed by atoms with E-state index in [2.05, 4.69) is 59.5 Å². The molecule has 0 saturated carbocycles. The number of halogens is 1. The van der Waals surface area contributed by atoms with Gasteiger partial charge in [-0.05, 0) is 29.3 Å². The van der Waals surface area contributed by atoms with Gasteiger partial charge >= 0.3 is 0 Å². The molecule has 0 fully saturated rings. The zero-order valence-corrected chi connectivity index (χ0v) is 17.9. The van der Waals surface area contributed by atoms with Gasteiger partial charge in [-0.1, -0.05) is 42.5 Å². The number of carbonyl (C=O) groups excluding carboxylic acids is 1. The standard InChI is InChI=1S/C20H26N4O.HI/c1-5-12-21-20(22-14-19(25)24(3)4)23-15(2)17-11-10-16-8-6-7-9-18(16)13-17;/h5-11,13,15H,1,12,14H2,2-4H3,(H2,21,22,23);1H. The molecule has 0 aliphatic rings. The van der Waals surface area contributed by atoms with Crippen molar-refractivity contribution in [2.24, 2.45) is 4.99 Å². The number of fused-ring (bicyclic) bond motifs is 1. The molecule has 1 unspecified atom stereocenters. The van der Waals surface area contributed by atoms with E-state index in [1.165, 1.54) is 15.7 Å². The smallest absolute Gasteiger partial charge is 0.243 e. The molecule has 2 aromatic carbocycles. The highest BCUT2D eigenvalue weighted by molar-refractivity contribution is 14.0. The second-order valence-electron chi connectivity index (χ2n) is 6.10.